The highest BCUT2D eigenvalue weighted by molar-refractivity contribution is 5.66. The summed E-state index contributed by atoms with van der Waals surface area (Å²) in [7, 11) is 0. The largest absolute Gasteiger partial charge is 0.481 e. The molecule has 0 aromatic carbocycles. The molecule has 2 heteroatoms. The molecule has 0 spiro atoms. The van der Waals surface area contributed by atoms with E-state index in [0.717, 1.165) is 38.5 Å². The van der Waals surface area contributed by atoms with Crippen LogP contribution in [-0.2, 0) is 4.79 Å². The first-order chi connectivity index (χ1) is 10.8. The lowest BCUT2D eigenvalue weighted by Crippen LogP contribution is -1.93. The van der Waals surface area contributed by atoms with Crippen LogP contribution in [0.4, 0.5) is 0 Å². The van der Waals surface area contributed by atoms with Gasteiger partial charge in [-0.25, -0.2) is 0 Å². The Hall–Kier alpha value is -1.31. The van der Waals surface area contributed by atoms with Crippen molar-refractivity contribution in [3.63, 3.8) is 0 Å². The molecule has 0 aliphatic heterocycles. The number of carboxylic acids is 1. The molecule has 0 heterocycles. The van der Waals surface area contributed by atoms with Crippen LogP contribution >= 0.6 is 0 Å². The fraction of sp³-hybridized carbons (Fsp3) is 0.650. The van der Waals surface area contributed by atoms with Gasteiger partial charge in [-0.15, -0.1) is 0 Å². The highest BCUT2D eigenvalue weighted by atomic mass is 16.4. The average Bonchev–Trinajstić information content (AvgIpc) is 2.50. The molecule has 0 unspecified atom stereocenters. The lowest BCUT2D eigenvalue weighted by molar-refractivity contribution is -0.137. The summed E-state index contributed by atoms with van der Waals surface area (Å²) in [6.45, 7) is 2.22. The Bertz CT molecular complexity index is 327. The van der Waals surface area contributed by atoms with Gasteiger partial charge in [-0.05, 0) is 38.5 Å². The lowest BCUT2D eigenvalue weighted by Gasteiger charge is -1.98. The maximum absolute atomic E-state index is 10.3. The van der Waals surface area contributed by atoms with Crippen LogP contribution in [0.3, 0.4) is 0 Å². The van der Waals surface area contributed by atoms with Crippen LogP contribution in [-0.4, -0.2) is 11.1 Å². The van der Waals surface area contributed by atoms with Crippen molar-refractivity contribution >= 4 is 5.97 Å². The van der Waals surface area contributed by atoms with Gasteiger partial charge in [0.2, 0.25) is 0 Å². The molecule has 0 radical (unpaired) electrons. The molecule has 0 fully saturated rings. The summed E-state index contributed by atoms with van der Waals surface area (Å²) in [5.74, 6) is -0.674. The Balaban J connectivity index is 3.26. The zero-order valence-corrected chi connectivity index (χ0v) is 14.3. The monoisotopic (exact) mass is 306 g/mol. The molecule has 0 aliphatic carbocycles. The first-order valence-electron chi connectivity index (χ1n) is 8.94. The standard InChI is InChI=1S/C20H34O2/c1-2-3-4-5-6-7-8-9-10-11-12-13-14-15-16-17-18-19-20(21)22/h5-6,8-9,11-12H,2-4,7,10,13-19H2,1H3,(H,21,22)/b6-5?,9-8?,12-11-. The van der Waals surface area contributed by atoms with Crippen LogP contribution in [0.15, 0.2) is 36.5 Å². The summed E-state index contributed by atoms with van der Waals surface area (Å²) in [5.41, 5.74) is 0. The SMILES string of the molecule is CCCCC=CCC=CC/C=C\CCCCCCCC(=O)O. The Kier molecular flexibility index (Phi) is 16.7. The van der Waals surface area contributed by atoms with Crippen LogP contribution in [0.2, 0.25) is 0 Å². The second kappa shape index (κ2) is 17.7. The molecular formula is C20H34O2. The van der Waals surface area contributed by atoms with E-state index in [2.05, 4.69) is 43.4 Å². The predicted octanol–water partition coefficient (Wildman–Crippen LogP) is 6.44. The summed E-state index contributed by atoms with van der Waals surface area (Å²) in [5, 5.41) is 8.52. The quantitative estimate of drug-likeness (QED) is 0.279. The van der Waals surface area contributed by atoms with Gasteiger partial charge < -0.3 is 5.11 Å². The van der Waals surface area contributed by atoms with E-state index >= 15 is 0 Å². The van der Waals surface area contributed by atoms with E-state index in [1.54, 1.807) is 0 Å². The van der Waals surface area contributed by atoms with Gasteiger partial charge >= 0.3 is 5.97 Å². The Labute approximate surface area is 137 Å². The van der Waals surface area contributed by atoms with Crippen LogP contribution < -0.4 is 0 Å². The number of hydrogen-bond donors (Lipinski definition) is 1. The summed E-state index contributed by atoms with van der Waals surface area (Å²) in [4.78, 5) is 10.3. The van der Waals surface area contributed by atoms with Crippen molar-refractivity contribution < 1.29 is 9.90 Å². The number of aliphatic carboxylic acids is 1. The number of carboxylic acid groups (broad SMARTS) is 1. The molecule has 0 amide bonds. The Morgan fingerprint density at radius 2 is 1.23 bits per heavy atom. The normalized spacial score (nSPS) is 12.0. The number of unbranched alkanes of at least 4 members (excludes halogenated alkanes) is 7. The topological polar surface area (TPSA) is 37.3 Å². The van der Waals surface area contributed by atoms with Gasteiger partial charge in [0, 0.05) is 6.42 Å². The van der Waals surface area contributed by atoms with Crippen molar-refractivity contribution in [1.29, 1.82) is 0 Å². The summed E-state index contributed by atoms with van der Waals surface area (Å²) in [6.07, 6.45) is 26.3. The van der Waals surface area contributed by atoms with Crippen molar-refractivity contribution in [2.45, 2.75) is 84.0 Å². The Morgan fingerprint density at radius 1 is 0.727 bits per heavy atom. The zero-order valence-electron chi connectivity index (χ0n) is 14.3. The molecule has 0 atom stereocenters. The minimum absolute atomic E-state index is 0.319. The molecule has 2 nitrogen and oxygen atoms in total. The van der Waals surface area contributed by atoms with E-state index in [1.165, 1.54) is 32.1 Å². The van der Waals surface area contributed by atoms with Gasteiger partial charge in [0.15, 0.2) is 0 Å². The Morgan fingerprint density at radius 3 is 1.82 bits per heavy atom. The molecule has 126 valence electrons. The van der Waals surface area contributed by atoms with Gasteiger partial charge in [0.05, 0.1) is 0 Å². The zero-order chi connectivity index (χ0) is 16.3. The van der Waals surface area contributed by atoms with Crippen LogP contribution in [0, 0.1) is 0 Å². The van der Waals surface area contributed by atoms with Crippen molar-refractivity contribution in [2.24, 2.45) is 0 Å². The maximum Gasteiger partial charge on any atom is 0.303 e. The fourth-order valence-electron chi connectivity index (χ4n) is 2.17. The summed E-state index contributed by atoms with van der Waals surface area (Å²) in [6, 6.07) is 0. The lowest BCUT2D eigenvalue weighted by atomic mass is 10.1. The molecule has 0 aliphatic rings. The van der Waals surface area contributed by atoms with Gasteiger partial charge in [-0.2, -0.15) is 0 Å². The molecule has 0 saturated heterocycles. The van der Waals surface area contributed by atoms with E-state index in [1.807, 2.05) is 0 Å². The van der Waals surface area contributed by atoms with Crippen molar-refractivity contribution in [2.75, 3.05) is 0 Å². The summed E-state index contributed by atoms with van der Waals surface area (Å²) >= 11 is 0. The van der Waals surface area contributed by atoms with Gasteiger partial charge in [-0.1, -0.05) is 75.5 Å². The van der Waals surface area contributed by atoms with E-state index < -0.39 is 5.97 Å². The van der Waals surface area contributed by atoms with Crippen LogP contribution in [0.5, 0.6) is 0 Å². The number of rotatable bonds is 15. The van der Waals surface area contributed by atoms with Crippen LogP contribution in [0.1, 0.15) is 84.0 Å². The third kappa shape index (κ3) is 18.7. The molecule has 0 saturated carbocycles. The minimum atomic E-state index is -0.674. The average molecular weight is 306 g/mol. The first kappa shape index (κ1) is 20.7. The highest BCUT2D eigenvalue weighted by Crippen LogP contribution is 2.07. The van der Waals surface area contributed by atoms with Gasteiger partial charge in [-0.3, -0.25) is 4.79 Å². The van der Waals surface area contributed by atoms with Crippen molar-refractivity contribution in [3.8, 4) is 0 Å². The van der Waals surface area contributed by atoms with Crippen LogP contribution in [0.25, 0.3) is 0 Å². The molecule has 22 heavy (non-hydrogen) atoms. The van der Waals surface area contributed by atoms with E-state index in [-0.39, 0.29) is 0 Å². The smallest absolute Gasteiger partial charge is 0.303 e. The molecule has 0 rings (SSSR count). The fourth-order valence-corrected chi connectivity index (χ4v) is 2.17. The van der Waals surface area contributed by atoms with E-state index in [4.69, 9.17) is 5.11 Å². The third-order valence-electron chi connectivity index (χ3n) is 3.53. The minimum Gasteiger partial charge on any atom is -0.481 e. The molecule has 0 aromatic rings. The molecule has 1 N–H and O–H groups in total. The maximum atomic E-state index is 10.3. The van der Waals surface area contributed by atoms with E-state index in [0.29, 0.717) is 6.42 Å². The number of carbonyl (C=O) groups is 1. The molecule has 0 bridgehead atoms. The second-order valence-electron chi connectivity index (χ2n) is 5.73. The third-order valence-corrected chi connectivity index (χ3v) is 3.53. The molecule has 0 aromatic heterocycles. The highest BCUT2D eigenvalue weighted by Gasteiger charge is 1.95. The number of allylic oxidation sites excluding steroid dienone is 6. The first-order valence-corrected chi connectivity index (χ1v) is 8.94. The van der Waals surface area contributed by atoms with Gasteiger partial charge in [0.25, 0.3) is 0 Å². The van der Waals surface area contributed by atoms with Gasteiger partial charge in [0.1, 0.15) is 0 Å². The second-order valence-corrected chi connectivity index (χ2v) is 5.73. The van der Waals surface area contributed by atoms with Crippen molar-refractivity contribution in [3.05, 3.63) is 36.5 Å². The molecular weight excluding hydrogens is 272 g/mol. The van der Waals surface area contributed by atoms with Crippen molar-refractivity contribution in [1.82, 2.24) is 0 Å². The summed E-state index contributed by atoms with van der Waals surface area (Å²) < 4.78 is 0. The number of hydrogen-bond acceptors (Lipinski definition) is 1. The predicted molar refractivity (Wildman–Crippen MR) is 96.1 cm³/mol. The van der Waals surface area contributed by atoms with E-state index in [9.17, 15) is 4.79 Å².